The second kappa shape index (κ2) is 4.42. The molecule has 0 amide bonds. The van der Waals surface area contributed by atoms with Crippen molar-refractivity contribution in [1.82, 2.24) is 19.9 Å². The average Bonchev–Trinajstić information content (AvgIpc) is 2.75. The minimum absolute atomic E-state index is 0.652. The van der Waals surface area contributed by atoms with E-state index in [-0.39, 0.29) is 0 Å². The molecule has 2 aromatic heterocycles. The molecule has 0 saturated carbocycles. The Bertz CT molecular complexity index is 757. The zero-order valence-electron chi connectivity index (χ0n) is 11.4. The maximum atomic E-state index is 4.75. The second-order valence-electron chi connectivity index (χ2n) is 5.33. The van der Waals surface area contributed by atoms with Crippen molar-refractivity contribution >= 4 is 11.0 Å². The van der Waals surface area contributed by atoms with Gasteiger partial charge in [0.15, 0.2) is 0 Å². The first kappa shape index (κ1) is 11.6. The van der Waals surface area contributed by atoms with Gasteiger partial charge in [0.05, 0.1) is 11.0 Å². The maximum Gasteiger partial charge on any atom is 0.140 e. The number of nitrogens with one attached hydrogen (secondary N) is 1. The van der Waals surface area contributed by atoms with Crippen molar-refractivity contribution in [3.05, 3.63) is 48.3 Å². The summed E-state index contributed by atoms with van der Waals surface area (Å²) in [5.41, 5.74) is 4.75. The van der Waals surface area contributed by atoms with Crippen molar-refractivity contribution in [2.75, 3.05) is 13.1 Å². The highest BCUT2D eigenvalue weighted by Gasteiger charge is 2.20. The molecule has 0 radical (unpaired) electrons. The number of pyridine rings is 1. The first-order chi connectivity index (χ1) is 9.83. The Kier molecular flexibility index (Phi) is 2.57. The molecule has 1 aliphatic heterocycles. The summed E-state index contributed by atoms with van der Waals surface area (Å²) in [6.07, 6.45) is 3.61. The van der Waals surface area contributed by atoms with Crippen molar-refractivity contribution in [3.8, 4) is 11.4 Å². The van der Waals surface area contributed by atoms with E-state index in [1.807, 2.05) is 12.1 Å². The molecule has 0 atom stereocenters. The van der Waals surface area contributed by atoms with Crippen LogP contribution < -0.4 is 5.32 Å². The molecule has 0 spiro atoms. The Labute approximate surface area is 117 Å². The predicted octanol–water partition coefficient (Wildman–Crippen LogP) is 2.32. The Morgan fingerprint density at radius 2 is 1.95 bits per heavy atom. The van der Waals surface area contributed by atoms with Gasteiger partial charge in [0.25, 0.3) is 0 Å². The molecule has 0 unspecified atom stereocenters. The number of aryl methyl sites for hydroxylation is 1. The number of nitrogens with zero attached hydrogens (tertiary/aromatic N) is 3. The zero-order valence-corrected chi connectivity index (χ0v) is 11.4. The smallest absolute Gasteiger partial charge is 0.140 e. The van der Waals surface area contributed by atoms with E-state index >= 15 is 0 Å². The third-order valence-electron chi connectivity index (χ3n) is 4.10. The fourth-order valence-corrected chi connectivity index (χ4v) is 2.74. The lowest BCUT2D eigenvalue weighted by molar-refractivity contribution is 0.448. The first-order valence-corrected chi connectivity index (χ1v) is 6.90. The summed E-state index contributed by atoms with van der Waals surface area (Å²) in [4.78, 5) is 8.81. The van der Waals surface area contributed by atoms with Crippen LogP contribution in [0.25, 0.3) is 22.4 Å². The highest BCUT2D eigenvalue weighted by molar-refractivity contribution is 5.81. The number of aromatic nitrogens is 3. The molecule has 100 valence electrons. The van der Waals surface area contributed by atoms with Crippen LogP contribution in [0.3, 0.4) is 0 Å². The molecule has 4 rings (SSSR count). The molecule has 1 saturated heterocycles. The van der Waals surface area contributed by atoms with Gasteiger partial charge in [-0.2, -0.15) is 0 Å². The van der Waals surface area contributed by atoms with Gasteiger partial charge in [-0.25, -0.2) is 4.98 Å². The lowest BCUT2D eigenvalue weighted by Crippen LogP contribution is -2.39. The van der Waals surface area contributed by atoms with Crippen molar-refractivity contribution < 1.29 is 0 Å². The van der Waals surface area contributed by atoms with Crippen LogP contribution in [0.2, 0.25) is 0 Å². The Morgan fingerprint density at radius 3 is 2.65 bits per heavy atom. The largest absolute Gasteiger partial charge is 0.327 e. The van der Waals surface area contributed by atoms with E-state index in [9.17, 15) is 0 Å². The van der Waals surface area contributed by atoms with Gasteiger partial charge in [0, 0.05) is 44.0 Å². The normalized spacial score (nSPS) is 15.4. The summed E-state index contributed by atoms with van der Waals surface area (Å²) in [6.45, 7) is 2.17. The molecular formula is C16H16N4. The number of fused-ring (bicyclic) bond motifs is 1. The highest BCUT2D eigenvalue weighted by Crippen LogP contribution is 2.27. The topological polar surface area (TPSA) is 42.7 Å². The van der Waals surface area contributed by atoms with Gasteiger partial charge in [-0.1, -0.05) is 6.07 Å². The van der Waals surface area contributed by atoms with Gasteiger partial charge in [0.1, 0.15) is 5.82 Å². The minimum atomic E-state index is 0.652. The molecule has 1 N–H and O–H groups in total. The van der Waals surface area contributed by atoms with E-state index in [1.54, 1.807) is 12.4 Å². The molecule has 4 nitrogen and oxygen atoms in total. The fourth-order valence-electron chi connectivity index (χ4n) is 2.74. The van der Waals surface area contributed by atoms with Gasteiger partial charge in [-0.05, 0) is 29.8 Å². The average molecular weight is 264 g/mol. The highest BCUT2D eigenvalue weighted by atomic mass is 15.1. The summed E-state index contributed by atoms with van der Waals surface area (Å²) in [5, 5.41) is 3.32. The Hall–Kier alpha value is -2.20. The predicted molar refractivity (Wildman–Crippen MR) is 79.6 cm³/mol. The van der Waals surface area contributed by atoms with E-state index in [2.05, 4.69) is 40.1 Å². The molecule has 0 aliphatic carbocycles. The lowest BCUT2D eigenvalue weighted by atomic mass is 9.93. The van der Waals surface area contributed by atoms with Crippen LogP contribution in [0, 0.1) is 0 Å². The molecule has 3 heterocycles. The van der Waals surface area contributed by atoms with Crippen molar-refractivity contribution in [3.63, 3.8) is 0 Å². The Balaban J connectivity index is 1.86. The monoisotopic (exact) mass is 264 g/mol. The van der Waals surface area contributed by atoms with E-state index in [4.69, 9.17) is 4.98 Å². The molecule has 4 heteroatoms. The SMILES string of the molecule is Cn1c(-c2ccncc2)nc2ccc(C3CNC3)cc21. The first-order valence-electron chi connectivity index (χ1n) is 6.90. The van der Waals surface area contributed by atoms with Crippen molar-refractivity contribution in [2.45, 2.75) is 5.92 Å². The number of hydrogen-bond donors (Lipinski definition) is 1. The second-order valence-corrected chi connectivity index (χ2v) is 5.33. The number of hydrogen-bond acceptors (Lipinski definition) is 3. The Morgan fingerprint density at radius 1 is 1.15 bits per heavy atom. The van der Waals surface area contributed by atoms with Gasteiger partial charge in [-0.3, -0.25) is 4.98 Å². The lowest BCUT2D eigenvalue weighted by Gasteiger charge is -2.27. The van der Waals surface area contributed by atoms with E-state index in [0.29, 0.717) is 5.92 Å². The molecule has 1 fully saturated rings. The van der Waals surface area contributed by atoms with Crippen molar-refractivity contribution in [2.24, 2.45) is 7.05 Å². The molecule has 20 heavy (non-hydrogen) atoms. The number of rotatable bonds is 2. The van der Waals surface area contributed by atoms with Crippen LogP contribution in [-0.4, -0.2) is 27.6 Å². The van der Waals surface area contributed by atoms with Crippen molar-refractivity contribution in [1.29, 1.82) is 0 Å². The molecule has 0 bridgehead atoms. The standard InChI is InChI=1S/C16H16N4/c1-20-15-8-12(13-9-18-10-13)2-3-14(15)19-16(20)11-4-6-17-7-5-11/h2-8,13,18H,9-10H2,1H3. The van der Waals surface area contributed by atoms with Gasteiger partial charge < -0.3 is 9.88 Å². The van der Waals surface area contributed by atoms with Crippen LogP contribution in [0.4, 0.5) is 0 Å². The van der Waals surface area contributed by atoms with Crippen LogP contribution in [0.15, 0.2) is 42.7 Å². The number of benzene rings is 1. The third-order valence-corrected chi connectivity index (χ3v) is 4.10. The molecule has 3 aromatic rings. The molecular weight excluding hydrogens is 248 g/mol. The van der Waals surface area contributed by atoms with Gasteiger partial charge in [-0.15, -0.1) is 0 Å². The van der Waals surface area contributed by atoms with Crippen LogP contribution in [0.1, 0.15) is 11.5 Å². The summed E-state index contributed by atoms with van der Waals surface area (Å²) in [6, 6.07) is 10.6. The van der Waals surface area contributed by atoms with E-state index in [1.165, 1.54) is 11.1 Å². The molecule has 1 aliphatic rings. The summed E-state index contributed by atoms with van der Waals surface area (Å²) in [5.74, 6) is 1.64. The van der Waals surface area contributed by atoms with Gasteiger partial charge in [0.2, 0.25) is 0 Å². The van der Waals surface area contributed by atoms with E-state index in [0.717, 1.165) is 30.0 Å². The minimum Gasteiger partial charge on any atom is -0.327 e. The number of imidazole rings is 1. The summed E-state index contributed by atoms with van der Waals surface area (Å²) in [7, 11) is 2.08. The summed E-state index contributed by atoms with van der Waals surface area (Å²) < 4.78 is 2.17. The van der Waals surface area contributed by atoms with Crippen LogP contribution in [-0.2, 0) is 7.05 Å². The van der Waals surface area contributed by atoms with E-state index < -0.39 is 0 Å². The quantitative estimate of drug-likeness (QED) is 0.772. The van der Waals surface area contributed by atoms with Gasteiger partial charge >= 0.3 is 0 Å². The summed E-state index contributed by atoms with van der Waals surface area (Å²) >= 11 is 0. The third kappa shape index (κ3) is 1.72. The fraction of sp³-hybridized carbons (Fsp3) is 0.250. The van der Waals surface area contributed by atoms with Crippen LogP contribution >= 0.6 is 0 Å². The molecule has 1 aromatic carbocycles. The zero-order chi connectivity index (χ0) is 13.5. The van der Waals surface area contributed by atoms with Crippen LogP contribution in [0.5, 0.6) is 0 Å². The maximum absolute atomic E-state index is 4.75.